The third kappa shape index (κ3) is 1.42. The van der Waals surface area contributed by atoms with Crippen LogP contribution in [0.3, 0.4) is 0 Å². The van der Waals surface area contributed by atoms with Gasteiger partial charge in [0.05, 0.1) is 5.69 Å². The summed E-state index contributed by atoms with van der Waals surface area (Å²) >= 11 is 0. The standard InChI is InChI=1S/C10H11N3O/c1-13-10(14)6-9(12-13)7-2-4-8(11)5-3-7/h2-6,12H,11H2,1H3. The van der Waals surface area contributed by atoms with Crippen LogP contribution in [0.25, 0.3) is 11.3 Å². The molecular weight excluding hydrogens is 178 g/mol. The molecule has 2 aromatic rings. The Morgan fingerprint density at radius 3 is 2.43 bits per heavy atom. The Morgan fingerprint density at radius 2 is 1.93 bits per heavy atom. The van der Waals surface area contributed by atoms with Gasteiger partial charge in [0, 0.05) is 18.8 Å². The molecule has 0 atom stereocenters. The molecule has 1 aromatic heterocycles. The van der Waals surface area contributed by atoms with Crippen LogP contribution in [0.15, 0.2) is 35.1 Å². The van der Waals surface area contributed by atoms with E-state index < -0.39 is 0 Å². The summed E-state index contributed by atoms with van der Waals surface area (Å²) < 4.78 is 1.44. The molecule has 14 heavy (non-hydrogen) atoms. The van der Waals surface area contributed by atoms with Crippen molar-refractivity contribution in [2.75, 3.05) is 5.73 Å². The van der Waals surface area contributed by atoms with Crippen LogP contribution < -0.4 is 11.3 Å². The van der Waals surface area contributed by atoms with Crippen LogP contribution in [0.2, 0.25) is 0 Å². The average molecular weight is 189 g/mol. The summed E-state index contributed by atoms with van der Waals surface area (Å²) in [5.41, 5.74) is 7.99. The molecule has 0 bridgehead atoms. The lowest BCUT2D eigenvalue weighted by Gasteiger charge is -1.97. The van der Waals surface area contributed by atoms with Crippen molar-refractivity contribution in [2.24, 2.45) is 7.05 Å². The number of aromatic nitrogens is 2. The maximum absolute atomic E-state index is 11.2. The third-order valence-corrected chi connectivity index (χ3v) is 2.11. The van der Waals surface area contributed by atoms with Gasteiger partial charge in [-0.2, -0.15) is 0 Å². The van der Waals surface area contributed by atoms with Crippen LogP contribution in [-0.4, -0.2) is 9.78 Å². The summed E-state index contributed by atoms with van der Waals surface area (Å²) in [6, 6.07) is 8.92. The molecule has 0 aliphatic heterocycles. The predicted molar refractivity (Wildman–Crippen MR) is 55.9 cm³/mol. The Hall–Kier alpha value is -1.97. The summed E-state index contributed by atoms with van der Waals surface area (Å²) in [5, 5.41) is 2.94. The van der Waals surface area contributed by atoms with Gasteiger partial charge >= 0.3 is 0 Å². The molecule has 0 radical (unpaired) electrons. The minimum atomic E-state index is -0.0446. The zero-order chi connectivity index (χ0) is 10.1. The molecule has 1 aromatic carbocycles. The van der Waals surface area contributed by atoms with Gasteiger partial charge in [-0.1, -0.05) is 12.1 Å². The van der Waals surface area contributed by atoms with Gasteiger partial charge < -0.3 is 5.73 Å². The highest BCUT2D eigenvalue weighted by Crippen LogP contribution is 2.16. The number of nitrogens with zero attached hydrogens (tertiary/aromatic N) is 1. The third-order valence-electron chi connectivity index (χ3n) is 2.11. The monoisotopic (exact) mass is 189 g/mol. The van der Waals surface area contributed by atoms with Crippen LogP contribution in [0.5, 0.6) is 0 Å². The fraction of sp³-hybridized carbons (Fsp3) is 0.100. The number of anilines is 1. The average Bonchev–Trinajstić information content (AvgIpc) is 2.48. The molecule has 0 unspecified atom stereocenters. The number of hydrogen-bond acceptors (Lipinski definition) is 2. The van der Waals surface area contributed by atoms with E-state index in [-0.39, 0.29) is 5.56 Å². The lowest BCUT2D eigenvalue weighted by Crippen LogP contribution is -2.09. The van der Waals surface area contributed by atoms with Gasteiger partial charge in [0.25, 0.3) is 5.56 Å². The van der Waals surface area contributed by atoms with Crippen molar-refractivity contribution >= 4 is 5.69 Å². The molecule has 0 aliphatic carbocycles. The van der Waals surface area contributed by atoms with Crippen molar-refractivity contribution < 1.29 is 0 Å². The van der Waals surface area contributed by atoms with Crippen molar-refractivity contribution in [3.05, 3.63) is 40.7 Å². The predicted octanol–water partition coefficient (Wildman–Crippen LogP) is 0.963. The number of nitrogens with one attached hydrogen (secondary N) is 1. The Balaban J connectivity index is 2.49. The second-order valence-corrected chi connectivity index (χ2v) is 3.19. The van der Waals surface area contributed by atoms with Crippen molar-refractivity contribution in [1.82, 2.24) is 9.78 Å². The zero-order valence-electron chi connectivity index (χ0n) is 7.82. The Kier molecular flexibility index (Phi) is 1.89. The van der Waals surface area contributed by atoms with Gasteiger partial charge in [-0.15, -0.1) is 0 Å². The van der Waals surface area contributed by atoms with Gasteiger partial charge in [-0.25, -0.2) is 0 Å². The number of aromatic amines is 1. The second kappa shape index (κ2) is 3.06. The van der Waals surface area contributed by atoms with Crippen molar-refractivity contribution in [3.63, 3.8) is 0 Å². The number of aryl methyl sites for hydroxylation is 1. The van der Waals surface area contributed by atoms with Gasteiger partial charge in [0.15, 0.2) is 0 Å². The highest BCUT2D eigenvalue weighted by molar-refractivity contribution is 5.61. The number of benzene rings is 1. The number of hydrogen-bond donors (Lipinski definition) is 2. The van der Waals surface area contributed by atoms with Crippen LogP contribution in [0, 0.1) is 0 Å². The van der Waals surface area contributed by atoms with Gasteiger partial charge in [-0.05, 0) is 17.7 Å². The zero-order valence-corrected chi connectivity index (χ0v) is 7.82. The molecule has 4 heteroatoms. The first-order valence-corrected chi connectivity index (χ1v) is 4.29. The lowest BCUT2D eigenvalue weighted by molar-refractivity contribution is 0.742. The second-order valence-electron chi connectivity index (χ2n) is 3.19. The van der Waals surface area contributed by atoms with Crippen molar-refractivity contribution in [2.45, 2.75) is 0 Å². The van der Waals surface area contributed by atoms with E-state index in [2.05, 4.69) is 5.10 Å². The first-order chi connectivity index (χ1) is 6.66. The SMILES string of the molecule is Cn1[nH]c(-c2ccc(N)cc2)cc1=O. The summed E-state index contributed by atoms with van der Waals surface area (Å²) in [6.07, 6.45) is 0. The van der Waals surface area contributed by atoms with E-state index in [9.17, 15) is 4.79 Å². The topological polar surface area (TPSA) is 63.8 Å². The minimum absolute atomic E-state index is 0.0446. The van der Waals surface area contributed by atoms with E-state index in [0.29, 0.717) is 5.69 Å². The number of nitrogens with two attached hydrogens (primary N) is 1. The van der Waals surface area contributed by atoms with Crippen LogP contribution in [-0.2, 0) is 7.05 Å². The number of nitrogen functional groups attached to an aromatic ring is 1. The Bertz CT molecular complexity index is 493. The largest absolute Gasteiger partial charge is 0.399 e. The molecule has 4 nitrogen and oxygen atoms in total. The summed E-state index contributed by atoms with van der Waals surface area (Å²) in [6.45, 7) is 0. The molecule has 0 amide bonds. The molecule has 72 valence electrons. The van der Waals surface area contributed by atoms with Crippen molar-refractivity contribution in [3.8, 4) is 11.3 Å². The Labute approximate surface area is 81.0 Å². The molecular formula is C10H11N3O. The summed E-state index contributed by atoms with van der Waals surface area (Å²) in [7, 11) is 1.68. The molecule has 0 aliphatic rings. The molecule has 1 heterocycles. The first kappa shape index (κ1) is 8.62. The van der Waals surface area contributed by atoms with E-state index in [0.717, 1.165) is 11.3 Å². The van der Waals surface area contributed by atoms with E-state index in [1.165, 1.54) is 4.68 Å². The highest BCUT2D eigenvalue weighted by atomic mass is 16.1. The lowest BCUT2D eigenvalue weighted by atomic mass is 10.1. The van der Waals surface area contributed by atoms with Crippen LogP contribution >= 0.6 is 0 Å². The van der Waals surface area contributed by atoms with E-state index in [1.54, 1.807) is 25.2 Å². The molecule has 0 fully saturated rings. The number of rotatable bonds is 1. The molecule has 3 N–H and O–H groups in total. The maximum Gasteiger partial charge on any atom is 0.266 e. The first-order valence-electron chi connectivity index (χ1n) is 4.29. The van der Waals surface area contributed by atoms with E-state index in [1.807, 2.05) is 12.1 Å². The van der Waals surface area contributed by atoms with Gasteiger partial charge in [0.1, 0.15) is 0 Å². The van der Waals surface area contributed by atoms with Crippen LogP contribution in [0.1, 0.15) is 0 Å². The van der Waals surface area contributed by atoms with Gasteiger partial charge in [-0.3, -0.25) is 14.6 Å². The summed E-state index contributed by atoms with van der Waals surface area (Å²) in [5.74, 6) is 0. The van der Waals surface area contributed by atoms with E-state index >= 15 is 0 Å². The smallest absolute Gasteiger partial charge is 0.266 e. The quantitative estimate of drug-likeness (QED) is 0.656. The molecule has 0 saturated carbocycles. The Morgan fingerprint density at radius 1 is 1.29 bits per heavy atom. The van der Waals surface area contributed by atoms with E-state index in [4.69, 9.17) is 5.73 Å². The van der Waals surface area contributed by atoms with Crippen LogP contribution in [0.4, 0.5) is 5.69 Å². The van der Waals surface area contributed by atoms with Gasteiger partial charge in [0.2, 0.25) is 0 Å². The summed E-state index contributed by atoms with van der Waals surface area (Å²) in [4.78, 5) is 11.2. The molecule has 0 spiro atoms. The minimum Gasteiger partial charge on any atom is -0.399 e. The fourth-order valence-electron chi connectivity index (χ4n) is 1.30. The molecule has 2 rings (SSSR count). The fourth-order valence-corrected chi connectivity index (χ4v) is 1.30. The highest BCUT2D eigenvalue weighted by Gasteiger charge is 2.01. The number of H-pyrrole nitrogens is 1. The maximum atomic E-state index is 11.2. The normalized spacial score (nSPS) is 10.4. The van der Waals surface area contributed by atoms with Crippen molar-refractivity contribution in [1.29, 1.82) is 0 Å². The molecule has 0 saturated heterocycles.